The third-order valence-corrected chi connectivity index (χ3v) is 5.38. The standard InChI is InChI=1S/C21H23NO3S/c1-5-24-21(23)14(3)19-12-26-20-10-17(8-9-18(19)20)25-11-16-7-6-13(2)22-15(16)4/h6-10,12,14H,5,11H2,1-4H3. The first-order valence-corrected chi connectivity index (χ1v) is 9.61. The van der Waals surface area contributed by atoms with Crippen LogP contribution in [0.2, 0.25) is 0 Å². The number of hydrogen-bond acceptors (Lipinski definition) is 5. The number of fused-ring (bicyclic) bond motifs is 1. The summed E-state index contributed by atoms with van der Waals surface area (Å²) in [4.78, 5) is 16.5. The van der Waals surface area contributed by atoms with Gasteiger partial charge in [-0.25, -0.2) is 0 Å². The van der Waals surface area contributed by atoms with E-state index in [4.69, 9.17) is 9.47 Å². The molecule has 2 aromatic heterocycles. The lowest BCUT2D eigenvalue weighted by atomic mass is 10.0. The first-order chi connectivity index (χ1) is 12.5. The Morgan fingerprint density at radius 3 is 2.77 bits per heavy atom. The summed E-state index contributed by atoms with van der Waals surface area (Å²) in [6.07, 6.45) is 0. The minimum Gasteiger partial charge on any atom is -0.489 e. The molecule has 0 aliphatic heterocycles. The monoisotopic (exact) mass is 369 g/mol. The molecule has 1 atom stereocenters. The molecule has 4 nitrogen and oxygen atoms in total. The Labute approximate surface area is 157 Å². The molecule has 1 unspecified atom stereocenters. The summed E-state index contributed by atoms with van der Waals surface area (Å²) >= 11 is 1.62. The van der Waals surface area contributed by atoms with Crippen molar-refractivity contribution in [3.63, 3.8) is 0 Å². The van der Waals surface area contributed by atoms with Crippen LogP contribution in [0.1, 0.15) is 42.3 Å². The summed E-state index contributed by atoms with van der Waals surface area (Å²) in [6.45, 7) is 8.58. The molecule has 2 heterocycles. The smallest absolute Gasteiger partial charge is 0.313 e. The molecule has 0 amide bonds. The zero-order valence-electron chi connectivity index (χ0n) is 15.5. The minimum atomic E-state index is -0.267. The molecule has 0 radical (unpaired) electrons. The normalized spacial score (nSPS) is 12.2. The maximum absolute atomic E-state index is 12.0. The van der Waals surface area contributed by atoms with E-state index >= 15 is 0 Å². The van der Waals surface area contributed by atoms with E-state index in [-0.39, 0.29) is 11.9 Å². The molecular weight excluding hydrogens is 346 g/mol. The number of pyridine rings is 1. The molecule has 0 saturated heterocycles. The van der Waals surface area contributed by atoms with Crippen LogP contribution in [0, 0.1) is 13.8 Å². The lowest BCUT2D eigenvalue weighted by Gasteiger charge is -2.11. The molecule has 0 aliphatic rings. The highest BCUT2D eigenvalue weighted by Gasteiger charge is 2.20. The lowest BCUT2D eigenvalue weighted by Crippen LogP contribution is -2.12. The first-order valence-electron chi connectivity index (χ1n) is 8.73. The Balaban J connectivity index is 1.77. The average molecular weight is 369 g/mol. The van der Waals surface area contributed by atoms with Crippen molar-refractivity contribution in [3.8, 4) is 5.75 Å². The van der Waals surface area contributed by atoms with Gasteiger partial charge in [-0.2, -0.15) is 0 Å². The number of aryl methyl sites for hydroxylation is 2. The minimum absolute atomic E-state index is 0.185. The zero-order chi connectivity index (χ0) is 18.7. The van der Waals surface area contributed by atoms with Crippen LogP contribution in [0.15, 0.2) is 35.7 Å². The highest BCUT2D eigenvalue weighted by Crippen LogP contribution is 2.34. The fraction of sp³-hybridized carbons (Fsp3) is 0.333. The van der Waals surface area contributed by atoms with E-state index in [1.807, 2.05) is 57.3 Å². The summed E-state index contributed by atoms with van der Waals surface area (Å²) in [6, 6.07) is 10.1. The van der Waals surface area contributed by atoms with Crippen molar-refractivity contribution in [2.75, 3.05) is 6.61 Å². The average Bonchev–Trinajstić information content (AvgIpc) is 3.03. The van der Waals surface area contributed by atoms with E-state index in [0.717, 1.165) is 38.4 Å². The van der Waals surface area contributed by atoms with Gasteiger partial charge >= 0.3 is 5.97 Å². The van der Waals surface area contributed by atoms with Crippen molar-refractivity contribution in [1.82, 2.24) is 4.98 Å². The molecule has 3 rings (SSSR count). The van der Waals surface area contributed by atoms with Crippen molar-refractivity contribution in [1.29, 1.82) is 0 Å². The van der Waals surface area contributed by atoms with Crippen LogP contribution in [0.5, 0.6) is 5.75 Å². The molecular formula is C21H23NO3S. The lowest BCUT2D eigenvalue weighted by molar-refractivity contribution is -0.144. The van der Waals surface area contributed by atoms with E-state index in [9.17, 15) is 4.79 Å². The second-order valence-electron chi connectivity index (χ2n) is 6.31. The Bertz CT molecular complexity index is 932. The summed E-state index contributed by atoms with van der Waals surface area (Å²) in [7, 11) is 0. The van der Waals surface area contributed by atoms with Gasteiger partial charge in [0.25, 0.3) is 0 Å². The van der Waals surface area contributed by atoms with E-state index in [1.54, 1.807) is 11.3 Å². The van der Waals surface area contributed by atoms with Gasteiger partial charge in [-0.15, -0.1) is 11.3 Å². The van der Waals surface area contributed by atoms with E-state index in [1.165, 1.54) is 0 Å². The van der Waals surface area contributed by atoms with Gasteiger partial charge in [-0.05, 0) is 68.3 Å². The topological polar surface area (TPSA) is 48.4 Å². The Morgan fingerprint density at radius 2 is 2.04 bits per heavy atom. The molecule has 0 aliphatic carbocycles. The van der Waals surface area contributed by atoms with Gasteiger partial charge in [0.05, 0.1) is 12.5 Å². The molecule has 136 valence electrons. The van der Waals surface area contributed by atoms with Crippen LogP contribution >= 0.6 is 11.3 Å². The molecule has 0 spiro atoms. The summed E-state index contributed by atoms with van der Waals surface area (Å²) in [5.41, 5.74) is 4.09. The van der Waals surface area contributed by atoms with Gasteiger partial charge in [0.15, 0.2) is 0 Å². The summed E-state index contributed by atoms with van der Waals surface area (Å²) in [5, 5.41) is 3.11. The number of carbonyl (C=O) groups is 1. The van der Waals surface area contributed by atoms with E-state index in [2.05, 4.69) is 11.1 Å². The molecule has 5 heteroatoms. The maximum atomic E-state index is 12.0. The maximum Gasteiger partial charge on any atom is 0.313 e. The van der Waals surface area contributed by atoms with Gasteiger partial charge < -0.3 is 9.47 Å². The predicted molar refractivity (Wildman–Crippen MR) is 105 cm³/mol. The largest absolute Gasteiger partial charge is 0.489 e. The third kappa shape index (κ3) is 3.88. The predicted octanol–water partition coefficient (Wildman–Crippen LogP) is 5.16. The van der Waals surface area contributed by atoms with Crippen LogP contribution in [0.3, 0.4) is 0 Å². The quantitative estimate of drug-likeness (QED) is 0.563. The fourth-order valence-corrected chi connectivity index (χ4v) is 3.96. The number of nitrogens with zero attached hydrogens (tertiary/aromatic N) is 1. The highest BCUT2D eigenvalue weighted by molar-refractivity contribution is 7.17. The number of ether oxygens (including phenoxy) is 2. The zero-order valence-corrected chi connectivity index (χ0v) is 16.4. The molecule has 1 aromatic carbocycles. The summed E-state index contributed by atoms with van der Waals surface area (Å²) in [5.74, 6) is 0.362. The Hall–Kier alpha value is -2.40. The van der Waals surface area contributed by atoms with Crippen molar-refractivity contribution in [2.24, 2.45) is 0 Å². The number of rotatable bonds is 6. The van der Waals surface area contributed by atoms with Crippen LogP contribution in [0.25, 0.3) is 10.1 Å². The van der Waals surface area contributed by atoms with Crippen molar-refractivity contribution in [2.45, 2.75) is 40.2 Å². The van der Waals surface area contributed by atoms with Crippen LogP contribution in [-0.4, -0.2) is 17.6 Å². The molecule has 3 aromatic rings. The number of aromatic nitrogens is 1. The first kappa shape index (κ1) is 18.4. The molecule has 0 N–H and O–H groups in total. The fourth-order valence-electron chi connectivity index (χ4n) is 2.88. The van der Waals surface area contributed by atoms with Crippen LogP contribution in [0.4, 0.5) is 0 Å². The second kappa shape index (κ2) is 7.87. The van der Waals surface area contributed by atoms with Crippen molar-refractivity contribution >= 4 is 27.4 Å². The number of carbonyl (C=O) groups excluding carboxylic acids is 1. The number of benzene rings is 1. The molecule has 0 saturated carbocycles. The Kier molecular flexibility index (Phi) is 5.57. The number of esters is 1. The highest BCUT2D eigenvalue weighted by atomic mass is 32.1. The van der Waals surface area contributed by atoms with E-state index in [0.29, 0.717) is 13.2 Å². The van der Waals surface area contributed by atoms with Crippen LogP contribution in [-0.2, 0) is 16.1 Å². The Morgan fingerprint density at radius 1 is 1.23 bits per heavy atom. The van der Waals surface area contributed by atoms with Gasteiger partial charge in [0, 0.05) is 21.7 Å². The van der Waals surface area contributed by atoms with E-state index < -0.39 is 0 Å². The molecule has 26 heavy (non-hydrogen) atoms. The molecule has 0 bridgehead atoms. The number of thiophene rings is 1. The molecule has 0 fully saturated rings. The van der Waals surface area contributed by atoms with Crippen LogP contribution < -0.4 is 4.74 Å². The SMILES string of the molecule is CCOC(=O)C(C)c1csc2cc(OCc3ccc(C)nc3C)ccc12. The van der Waals surface area contributed by atoms with Gasteiger partial charge in [-0.1, -0.05) is 6.07 Å². The second-order valence-corrected chi connectivity index (χ2v) is 7.22. The van der Waals surface area contributed by atoms with Gasteiger partial charge in [0.2, 0.25) is 0 Å². The third-order valence-electron chi connectivity index (χ3n) is 4.41. The van der Waals surface area contributed by atoms with Gasteiger partial charge in [0.1, 0.15) is 12.4 Å². The van der Waals surface area contributed by atoms with Crippen molar-refractivity contribution < 1.29 is 14.3 Å². The van der Waals surface area contributed by atoms with Crippen molar-refractivity contribution in [3.05, 3.63) is 58.2 Å². The number of hydrogen-bond donors (Lipinski definition) is 0. The van der Waals surface area contributed by atoms with Gasteiger partial charge in [-0.3, -0.25) is 9.78 Å². The summed E-state index contributed by atoms with van der Waals surface area (Å²) < 4.78 is 12.2.